The Morgan fingerprint density at radius 2 is 1.84 bits per heavy atom. The van der Waals surface area contributed by atoms with E-state index in [1.165, 1.54) is 11.6 Å². The third-order valence-electron chi connectivity index (χ3n) is 6.90. The van der Waals surface area contributed by atoms with E-state index < -0.39 is 17.3 Å². The van der Waals surface area contributed by atoms with E-state index in [9.17, 15) is 4.79 Å². The third kappa shape index (κ3) is 4.89. The summed E-state index contributed by atoms with van der Waals surface area (Å²) < 4.78 is 35.8. The van der Waals surface area contributed by atoms with E-state index in [4.69, 9.17) is 22.1 Å². The number of fused-ring (bicyclic) bond motifs is 1. The summed E-state index contributed by atoms with van der Waals surface area (Å²) >= 11 is 6.38. The summed E-state index contributed by atoms with van der Waals surface area (Å²) in [5, 5.41) is 0.241. The summed E-state index contributed by atoms with van der Waals surface area (Å²) in [5.74, 6) is -1.45. The topological polar surface area (TPSA) is 97.1 Å². The van der Waals surface area contributed by atoms with Gasteiger partial charge in [0.2, 0.25) is 5.95 Å². The van der Waals surface area contributed by atoms with Crippen molar-refractivity contribution >= 4 is 28.2 Å². The number of aryl methyl sites for hydroxylation is 1. The average Bonchev–Trinajstić information content (AvgIpc) is 2.87. The molecule has 4 aromatic rings. The minimum atomic E-state index is -0.826. The Balaban J connectivity index is 1.65. The molecule has 1 fully saturated rings. The van der Waals surface area contributed by atoms with Gasteiger partial charge in [0.1, 0.15) is 17.2 Å². The van der Waals surface area contributed by atoms with Crippen LogP contribution in [0.3, 0.4) is 0 Å². The van der Waals surface area contributed by atoms with E-state index in [0.29, 0.717) is 36.9 Å². The van der Waals surface area contributed by atoms with Crippen LogP contribution in [0.25, 0.3) is 33.3 Å². The Morgan fingerprint density at radius 3 is 2.55 bits per heavy atom. The number of benzene rings is 2. The van der Waals surface area contributed by atoms with Crippen molar-refractivity contribution in [2.24, 2.45) is 0 Å². The Kier molecular flexibility index (Phi) is 7.17. The van der Waals surface area contributed by atoms with E-state index in [1.807, 2.05) is 32.3 Å². The molecule has 10 heteroatoms. The molecule has 0 unspecified atom stereocenters. The van der Waals surface area contributed by atoms with Crippen molar-refractivity contribution in [3.05, 3.63) is 74.3 Å². The first-order chi connectivity index (χ1) is 18.1. The number of nitrogens with one attached hydrogen (secondary N) is 1. The molecule has 1 saturated heterocycles. The molecule has 1 aliphatic heterocycles. The van der Waals surface area contributed by atoms with Gasteiger partial charge in [0, 0.05) is 42.0 Å². The van der Waals surface area contributed by atoms with E-state index in [2.05, 4.69) is 19.9 Å². The number of halogens is 3. The fourth-order valence-electron chi connectivity index (χ4n) is 5.10. The lowest BCUT2D eigenvalue weighted by atomic mass is 9.87. The van der Waals surface area contributed by atoms with E-state index >= 15 is 8.78 Å². The molecule has 198 valence electrons. The maximum absolute atomic E-state index is 15.2. The number of nitrogen functional groups attached to an aromatic ring is 1. The third-order valence-corrected chi connectivity index (χ3v) is 7.39. The van der Waals surface area contributed by atoms with Gasteiger partial charge in [-0.15, -0.1) is 0 Å². The van der Waals surface area contributed by atoms with Gasteiger partial charge in [0.25, 0.3) is 5.56 Å². The average molecular weight is 540 g/mol. The monoisotopic (exact) mass is 539 g/mol. The molecule has 3 heterocycles. The fourth-order valence-corrected chi connectivity index (χ4v) is 5.29. The molecule has 38 heavy (non-hydrogen) atoms. The van der Waals surface area contributed by atoms with Crippen LogP contribution in [0.4, 0.5) is 14.6 Å². The van der Waals surface area contributed by atoms with Crippen LogP contribution in [0.15, 0.2) is 35.1 Å². The summed E-state index contributed by atoms with van der Waals surface area (Å²) in [6.07, 6.45) is 1.86. The lowest BCUT2D eigenvalue weighted by Gasteiger charge is -2.26. The fraction of sp³-hybridized carbons (Fsp3) is 0.321. The highest BCUT2D eigenvalue weighted by Gasteiger charge is 2.22. The molecule has 0 aliphatic carbocycles. The maximum atomic E-state index is 15.2. The molecule has 5 rings (SSSR count). The lowest BCUT2D eigenvalue weighted by molar-refractivity contribution is 0.0850. The van der Waals surface area contributed by atoms with Crippen molar-refractivity contribution in [1.29, 1.82) is 0 Å². The number of aromatic amines is 1. The molecule has 0 radical (unpaired) electrons. The van der Waals surface area contributed by atoms with Crippen molar-refractivity contribution in [2.75, 3.05) is 33.0 Å². The molecule has 7 nitrogen and oxygen atoms in total. The number of nitrogens with two attached hydrogens (primary N) is 1. The molecular formula is C28H28ClF2N5O2. The predicted molar refractivity (Wildman–Crippen MR) is 145 cm³/mol. The van der Waals surface area contributed by atoms with Crippen LogP contribution >= 0.6 is 11.6 Å². The summed E-state index contributed by atoms with van der Waals surface area (Å²) in [6.45, 7) is 3.72. The van der Waals surface area contributed by atoms with Crippen molar-refractivity contribution in [2.45, 2.75) is 32.2 Å². The van der Waals surface area contributed by atoms with Gasteiger partial charge in [0.15, 0.2) is 5.82 Å². The molecule has 2 aromatic heterocycles. The second kappa shape index (κ2) is 10.4. The highest BCUT2D eigenvalue weighted by atomic mass is 35.5. The SMILES string of the molecule is Cc1[nH]c(=O)c2c(F)cc(-c3nc(-c4ccc(C5CCOCC5)c(CN(C)C)c4)c(F)nc3N)cc2c1Cl. The van der Waals surface area contributed by atoms with Crippen LogP contribution in [0.5, 0.6) is 0 Å². The van der Waals surface area contributed by atoms with Gasteiger partial charge in [-0.2, -0.15) is 9.37 Å². The van der Waals surface area contributed by atoms with Crippen molar-refractivity contribution < 1.29 is 13.5 Å². The second-order valence-electron chi connectivity index (χ2n) is 9.91. The Bertz CT molecular complexity index is 1600. The summed E-state index contributed by atoms with van der Waals surface area (Å²) in [5.41, 5.74) is 9.01. The number of hydrogen-bond acceptors (Lipinski definition) is 6. The molecule has 0 bridgehead atoms. The van der Waals surface area contributed by atoms with Crippen LogP contribution in [-0.2, 0) is 11.3 Å². The highest BCUT2D eigenvalue weighted by Crippen LogP contribution is 2.36. The smallest absolute Gasteiger partial charge is 0.259 e. The first-order valence-corrected chi connectivity index (χ1v) is 12.7. The first-order valence-electron chi connectivity index (χ1n) is 12.3. The Labute approximate surface area is 223 Å². The number of H-pyrrole nitrogens is 1. The molecule has 0 amide bonds. The number of hydrogen-bond donors (Lipinski definition) is 2. The number of rotatable bonds is 5. The zero-order chi connectivity index (χ0) is 27.1. The number of nitrogens with zero attached hydrogens (tertiary/aromatic N) is 3. The number of ether oxygens (including phenoxy) is 1. The first kappa shape index (κ1) is 26.2. The molecule has 1 aliphatic rings. The van der Waals surface area contributed by atoms with Gasteiger partial charge in [-0.25, -0.2) is 9.37 Å². The molecular weight excluding hydrogens is 512 g/mol. The van der Waals surface area contributed by atoms with E-state index in [1.54, 1.807) is 6.92 Å². The van der Waals surface area contributed by atoms with Crippen molar-refractivity contribution in [3.63, 3.8) is 0 Å². The maximum Gasteiger partial charge on any atom is 0.259 e. The van der Waals surface area contributed by atoms with Gasteiger partial charge >= 0.3 is 0 Å². The lowest BCUT2D eigenvalue weighted by Crippen LogP contribution is -2.18. The van der Waals surface area contributed by atoms with Gasteiger partial charge in [-0.3, -0.25) is 4.79 Å². The standard InChI is InChI=1S/C28H28ClF2N5O2/c1-14-23(29)20-11-17(12-21(30)22(20)28(37)33-14)25-27(32)35-26(31)24(34-25)16-4-5-19(15-6-8-38-9-7-15)18(10-16)13-36(2)3/h4-5,10-12,15H,6-9,13H2,1-3H3,(H2,32,35)(H,33,37). The van der Waals surface area contributed by atoms with Crippen LogP contribution in [0.1, 0.15) is 35.6 Å². The normalized spacial score (nSPS) is 14.5. The summed E-state index contributed by atoms with van der Waals surface area (Å²) in [7, 11) is 3.96. The molecule has 2 aromatic carbocycles. The van der Waals surface area contributed by atoms with Crippen LogP contribution in [-0.4, -0.2) is 47.2 Å². The molecule has 0 spiro atoms. The molecule has 0 saturated carbocycles. The molecule has 3 N–H and O–H groups in total. The van der Waals surface area contributed by atoms with Gasteiger partial charge < -0.3 is 20.4 Å². The van der Waals surface area contributed by atoms with Crippen LogP contribution in [0.2, 0.25) is 5.02 Å². The van der Waals surface area contributed by atoms with Crippen LogP contribution < -0.4 is 11.3 Å². The number of pyridine rings is 1. The van der Waals surface area contributed by atoms with Crippen molar-refractivity contribution in [1.82, 2.24) is 19.9 Å². The molecule has 0 atom stereocenters. The quantitative estimate of drug-likeness (QED) is 0.351. The zero-order valence-corrected chi connectivity index (χ0v) is 22.1. The summed E-state index contributed by atoms with van der Waals surface area (Å²) in [6, 6.07) is 8.44. The predicted octanol–water partition coefficient (Wildman–Crippen LogP) is 5.43. The number of anilines is 1. The van der Waals surface area contributed by atoms with E-state index in [-0.39, 0.29) is 38.6 Å². The zero-order valence-electron chi connectivity index (χ0n) is 21.4. The second-order valence-corrected chi connectivity index (χ2v) is 10.3. The summed E-state index contributed by atoms with van der Waals surface area (Å²) in [4.78, 5) is 25.4. The van der Waals surface area contributed by atoms with Gasteiger partial charge in [0.05, 0.1) is 10.4 Å². The largest absolute Gasteiger partial charge is 0.382 e. The number of aromatic nitrogens is 3. The van der Waals surface area contributed by atoms with Crippen LogP contribution in [0, 0.1) is 18.7 Å². The minimum Gasteiger partial charge on any atom is -0.382 e. The van der Waals surface area contributed by atoms with E-state index in [0.717, 1.165) is 24.5 Å². The highest BCUT2D eigenvalue weighted by molar-refractivity contribution is 6.36. The Hall–Kier alpha value is -3.40. The van der Waals surface area contributed by atoms with Crippen molar-refractivity contribution in [3.8, 4) is 22.5 Å². The minimum absolute atomic E-state index is 0.00132. The Morgan fingerprint density at radius 1 is 1.11 bits per heavy atom. The van der Waals surface area contributed by atoms with Gasteiger partial charge in [-0.1, -0.05) is 23.7 Å². The van der Waals surface area contributed by atoms with Gasteiger partial charge in [-0.05, 0) is 69.1 Å².